The van der Waals surface area contributed by atoms with Gasteiger partial charge < -0.3 is 10.6 Å². The Hall–Kier alpha value is -2.87. The van der Waals surface area contributed by atoms with Gasteiger partial charge in [-0.2, -0.15) is 5.26 Å². The fourth-order valence-corrected chi connectivity index (χ4v) is 3.17. The Kier molecular flexibility index (Phi) is 5.63. The van der Waals surface area contributed by atoms with E-state index in [2.05, 4.69) is 21.7 Å². The number of carbonyl (C=O) groups is 1. The Morgan fingerprint density at radius 3 is 2.64 bits per heavy atom. The zero-order valence-electron chi connectivity index (χ0n) is 14.2. The predicted octanol–water partition coefficient (Wildman–Crippen LogP) is 4.15. The molecular weight excluding hydrogens is 312 g/mol. The van der Waals surface area contributed by atoms with Crippen molar-refractivity contribution in [2.45, 2.75) is 44.6 Å². The first-order chi connectivity index (χ1) is 12.3. The second kappa shape index (κ2) is 8.29. The summed E-state index contributed by atoms with van der Waals surface area (Å²) < 4.78 is 0. The van der Waals surface area contributed by atoms with Crippen LogP contribution in [-0.2, 0) is 0 Å². The monoisotopic (exact) mass is 334 g/mol. The minimum absolute atomic E-state index is 0.0865. The molecule has 0 aliphatic heterocycles. The lowest BCUT2D eigenvalue weighted by molar-refractivity contribution is 0.0933. The predicted molar refractivity (Wildman–Crippen MR) is 97.6 cm³/mol. The number of pyridine rings is 1. The number of nitrogens with one attached hydrogen (secondary N) is 2. The van der Waals surface area contributed by atoms with Gasteiger partial charge in [-0.05, 0) is 31.0 Å². The topological polar surface area (TPSA) is 77.8 Å². The highest BCUT2D eigenvalue weighted by molar-refractivity contribution is 5.95. The molecule has 2 N–H and O–H groups in total. The third-order valence-electron chi connectivity index (χ3n) is 4.52. The average Bonchev–Trinajstić information content (AvgIpc) is 2.91. The third-order valence-corrected chi connectivity index (χ3v) is 4.52. The molecule has 1 heterocycles. The molecule has 1 aliphatic carbocycles. The van der Waals surface area contributed by atoms with Crippen LogP contribution in [-0.4, -0.2) is 16.9 Å². The van der Waals surface area contributed by atoms with Crippen LogP contribution in [0.3, 0.4) is 0 Å². The van der Waals surface area contributed by atoms with Crippen LogP contribution in [0.4, 0.5) is 11.4 Å². The number of nitrogens with zero attached hydrogens (tertiary/aromatic N) is 2. The quantitative estimate of drug-likeness (QED) is 0.823. The molecule has 25 heavy (non-hydrogen) atoms. The van der Waals surface area contributed by atoms with Gasteiger partial charge in [-0.15, -0.1) is 0 Å². The number of anilines is 2. The summed E-state index contributed by atoms with van der Waals surface area (Å²) in [5, 5.41) is 15.5. The lowest BCUT2D eigenvalue weighted by Gasteiger charge is -2.16. The maximum atomic E-state index is 12.5. The van der Waals surface area contributed by atoms with Crippen molar-refractivity contribution in [1.82, 2.24) is 10.3 Å². The first kappa shape index (κ1) is 17.0. The summed E-state index contributed by atoms with van der Waals surface area (Å²) in [5.41, 5.74) is 2.48. The molecule has 1 saturated carbocycles. The van der Waals surface area contributed by atoms with Gasteiger partial charge in [-0.3, -0.25) is 9.78 Å². The van der Waals surface area contributed by atoms with Gasteiger partial charge in [0.25, 0.3) is 5.91 Å². The highest BCUT2D eigenvalue weighted by Gasteiger charge is 2.16. The largest absolute Gasteiger partial charge is 0.353 e. The van der Waals surface area contributed by atoms with Gasteiger partial charge >= 0.3 is 0 Å². The maximum absolute atomic E-state index is 12.5. The Morgan fingerprint density at radius 1 is 1.12 bits per heavy atom. The minimum atomic E-state index is -0.0865. The Balaban J connectivity index is 1.70. The van der Waals surface area contributed by atoms with Crippen molar-refractivity contribution in [3.05, 3.63) is 53.9 Å². The smallest absolute Gasteiger partial charge is 0.253 e. The van der Waals surface area contributed by atoms with Crippen molar-refractivity contribution in [3.8, 4) is 6.07 Å². The van der Waals surface area contributed by atoms with E-state index in [4.69, 9.17) is 0 Å². The summed E-state index contributed by atoms with van der Waals surface area (Å²) in [7, 11) is 0. The Bertz CT molecular complexity index is 773. The van der Waals surface area contributed by atoms with Gasteiger partial charge in [-0.25, -0.2) is 0 Å². The van der Waals surface area contributed by atoms with Crippen LogP contribution < -0.4 is 10.6 Å². The summed E-state index contributed by atoms with van der Waals surface area (Å²) in [6.45, 7) is 0. The van der Waals surface area contributed by atoms with E-state index in [0.717, 1.165) is 12.8 Å². The molecule has 5 heteroatoms. The van der Waals surface area contributed by atoms with Crippen LogP contribution in [0.1, 0.15) is 54.4 Å². The van der Waals surface area contributed by atoms with E-state index in [1.54, 1.807) is 24.5 Å². The first-order valence-electron chi connectivity index (χ1n) is 8.78. The molecule has 5 nitrogen and oxygen atoms in total. The van der Waals surface area contributed by atoms with Crippen LogP contribution in [0.2, 0.25) is 0 Å². The van der Waals surface area contributed by atoms with Crippen molar-refractivity contribution < 1.29 is 4.79 Å². The SMILES string of the molecule is N#Cc1ccccc1Nc1cncc(C(=O)NC2CCCCCC2)c1. The molecule has 0 bridgehead atoms. The highest BCUT2D eigenvalue weighted by atomic mass is 16.1. The molecule has 1 aromatic heterocycles. The van der Waals surface area contributed by atoms with Gasteiger partial charge in [0.1, 0.15) is 6.07 Å². The number of hydrogen-bond donors (Lipinski definition) is 2. The van der Waals surface area contributed by atoms with Crippen molar-refractivity contribution in [1.29, 1.82) is 5.26 Å². The summed E-state index contributed by atoms with van der Waals surface area (Å²) in [6, 6.07) is 11.4. The number of hydrogen-bond acceptors (Lipinski definition) is 4. The minimum Gasteiger partial charge on any atom is -0.353 e. The van der Waals surface area contributed by atoms with Gasteiger partial charge in [0.05, 0.1) is 28.7 Å². The molecule has 0 unspecified atom stereocenters. The van der Waals surface area contributed by atoms with Gasteiger partial charge in [0.2, 0.25) is 0 Å². The summed E-state index contributed by atoms with van der Waals surface area (Å²) >= 11 is 0. The number of amides is 1. The number of rotatable bonds is 4. The number of benzene rings is 1. The van der Waals surface area contributed by atoms with Crippen LogP contribution in [0.15, 0.2) is 42.7 Å². The van der Waals surface area contributed by atoms with E-state index in [1.807, 2.05) is 18.2 Å². The first-order valence-corrected chi connectivity index (χ1v) is 8.78. The molecule has 0 saturated heterocycles. The Labute approximate surface area is 148 Å². The molecule has 3 rings (SSSR count). The molecule has 1 aliphatic rings. The third kappa shape index (κ3) is 4.57. The number of aromatic nitrogens is 1. The van der Waals surface area contributed by atoms with Gasteiger partial charge in [0.15, 0.2) is 0 Å². The van der Waals surface area contributed by atoms with E-state index in [1.165, 1.54) is 25.7 Å². The standard InChI is InChI=1S/C20H22N4O/c21-12-15-7-5-6-10-19(15)23-18-11-16(13-22-14-18)20(25)24-17-8-3-1-2-4-9-17/h5-7,10-11,13-14,17,23H,1-4,8-9H2,(H,24,25). The van der Waals surface area contributed by atoms with Crippen molar-refractivity contribution in [3.63, 3.8) is 0 Å². The van der Waals surface area contributed by atoms with E-state index < -0.39 is 0 Å². The molecule has 2 aromatic rings. The maximum Gasteiger partial charge on any atom is 0.253 e. The van der Waals surface area contributed by atoms with Crippen LogP contribution in [0.25, 0.3) is 0 Å². The van der Waals surface area contributed by atoms with Crippen LogP contribution in [0.5, 0.6) is 0 Å². The number of nitriles is 1. The van der Waals surface area contributed by atoms with E-state index in [-0.39, 0.29) is 11.9 Å². The summed E-state index contributed by atoms with van der Waals surface area (Å²) in [6.07, 6.45) is 10.2. The van der Waals surface area contributed by atoms with Crippen molar-refractivity contribution >= 4 is 17.3 Å². The Morgan fingerprint density at radius 2 is 1.88 bits per heavy atom. The van der Waals surface area contributed by atoms with Crippen molar-refractivity contribution in [2.75, 3.05) is 5.32 Å². The fraction of sp³-hybridized carbons (Fsp3) is 0.350. The summed E-state index contributed by atoms with van der Waals surface area (Å²) in [4.78, 5) is 16.7. The van der Waals surface area contributed by atoms with E-state index >= 15 is 0 Å². The number of para-hydroxylation sites is 1. The van der Waals surface area contributed by atoms with Gasteiger partial charge in [-0.1, -0.05) is 37.8 Å². The molecule has 1 aromatic carbocycles. The second-order valence-electron chi connectivity index (χ2n) is 6.41. The summed E-state index contributed by atoms with van der Waals surface area (Å²) in [5.74, 6) is -0.0865. The molecule has 0 atom stereocenters. The molecule has 1 amide bonds. The highest BCUT2D eigenvalue weighted by Crippen LogP contribution is 2.21. The van der Waals surface area contributed by atoms with Crippen LogP contribution in [0, 0.1) is 11.3 Å². The van der Waals surface area contributed by atoms with E-state index in [0.29, 0.717) is 22.5 Å². The van der Waals surface area contributed by atoms with Crippen molar-refractivity contribution in [2.24, 2.45) is 0 Å². The zero-order valence-corrected chi connectivity index (χ0v) is 14.2. The van der Waals surface area contributed by atoms with Gasteiger partial charge in [0, 0.05) is 12.2 Å². The molecule has 128 valence electrons. The average molecular weight is 334 g/mol. The van der Waals surface area contributed by atoms with E-state index in [9.17, 15) is 10.1 Å². The molecule has 0 radical (unpaired) electrons. The molecule has 1 fully saturated rings. The fourth-order valence-electron chi connectivity index (χ4n) is 3.17. The molecular formula is C20H22N4O. The zero-order chi connectivity index (χ0) is 17.5. The molecule has 0 spiro atoms. The number of carbonyl (C=O) groups excluding carboxylic acids is 1. The van der Waals surface area contributed by atoms with Crippen LogP contribution >= 0.6 is 0 Å². The second-order valence-corrected chi connectivity index (χ2v) is 6.41. The lowest BCUT2D eigenvalue weighted by atomic mass is 10.1. The normalized spacial score (nSPS) is 15.0. The lowest BCUT2D eigenvalue weighted by Crippen LogP contribution is -2.34.